The number of hydrogen-bond donors (Lipinski definition) is 1. The average molecular weight is 236 g/mol. The van der Waals surface area contributed by atoms with Gasteiger partial charge >= 0.3 is 0 Å². The molecule has 0 saturated carbocycles. The van der Waals surface area contributed by atoms with Crippen LogP contribution < -0.4 is 5.32 Å². The van der Waals surface area contributed by atoms with E-state index in [-0.39, 0.29) is 23.8 Å². The number of amides is 2. The molecule has 0 aromatic carbocycles. The van der Waals surface area contributed by atoms with Crippen LogP contribution in [0.1, 0.15) is 34.1 Å². The van der Waals surface area contributed by atoms with Crippen molar-refractivity contribution >= 4 is 11.8 Å². The second-order valence-corrected chi connectivity index (χ2v) is 4.75. The molecule has 0 spiro atoms. The van der Waals surface area contributed by atoms with Crippen LogP contribution in [0, 0.1) is 18.3 Å². The van der Waals surface area contributed by atoms with Gasteiger partial charge in [-0.3, -0.25) is 9.59 Å². The Morgan fingerprint density at radius 3 is 2.41 bits per heavy atom. The lowest BCUT2D eigenvalue weighted by atomic mass is 9.94. The van der Waals surface area contributed by atoms with Crippen LogP contribution in [0.5, 0.6) is 0 Å². The summed E-state index contributed by atoms with van der Waals surface area (Å²) in [5, 5.41) is 2.76. The number of carbonyl (C=O) groups excluding carboxylic acids is 2. The van der Waals surface area contributed by atoms with E-state index < -0.39 is 12.1 Å². The predicted molar refractivity (Wildman–Crippen MR) is 66.0 cm³/mol. The Morgan fingerprint density at radius 1 is 1.41 bits per heavy atom. The minimum absolute atomic E-state index is 0.0487. The molecule has 17 heavy (non-hydrogen) atoms. The molecule has 0 aromatic heterocycles. The second kappa shape index (κ2) is 5.22. The number of terminal acetylenes is 1. The molecule has 1 aliphatic heterocycles. The topological polar surface area (TPSA) is 49.4 Å². The Morgan fingerprint density at radius 2 is 2.00 bits per heavy atom. The lowest BCUT2D eigenvalue weighted by molar-refractivity contribution is -0.152. The predicted octanol–water partition coefficient (Wildman–Crippen LogP) is 0.770. The van der Waals surface area contributed by atoms with Crippen molar-refractivity contribution in [1.29, 1.82) is 0 Å². The Hall–Kier alpha value is -1.50. The summed E-state index contributed by atoms with van der Waals surface area (Å²) >= 11 is 0. The van der Waals surface area contributed by atoms with Gasteiger partial charge in [0.2, 0.25) is 11.8 Å². The van der Waals surface area contributed by atoms with Crippen LogP contribution in [0.4, 0.5) is 0 Å². The Balaban J connectivity index is 3.09. The number of rotatable bonds is 3. The highest BCUT2D eigenvalue weighted by Crippen LogP contribution is 2.21. The van der Waals surface area contributed by atoms with E-state index in [1.54, 1.807) is 11.8 Å². The number of piperazine rings is 1. The largest absolute Gasteiger partial charge is 0.343 e. The molecule has 0 radical (unpaired) electrons. The third-order valence-electron chi connectivity index (χ3n) is 3.14. The molecule has 1 aliphatic rings. The summed E-state index contributed by atoms with van der Waals surface area (Å²) in [4.78, 5) is 25.8. The summed E-state index contributed by atoms with van der Waals surface area (Å²) in [6.45, 7) is 7.48. The number of hydrogen-bond acceptors (Lipinski definition) is 2. The van der Waals surface area contributed by atoms with Crippen LogP contribution in [0.2, 0.25) is 0 Å². The highest BCUT2D eigenvalue weighted by atomic mass is 16.2. The zero-order chi connectivity index (χ0) is 13.2. The maximum atomic E-state index is 12.2. The number of nitrogens with zero attached hydrogens (tertiary/aromatic N) is 1. The van der Waals surface area contributed by atoms with Crippen LogP contribution in [-0.2, 0) is 9.59 Å². The maximum absolute atomic E-state index is 12.2. The molecule has 3 unspecified atom stereocenters. The molecule has 1 fully saturated rings. The molecule has 3 atom stereocenters. The fourth-order valence-corrected chi connectivity index (χ4v) is 2.17. The van der Waals surface area contributed by atoms with Crippen molar-refractivity contribution < 1.29 is 9.59 Å². The van der Waals surface area contributed by atoms with Crippen molar-refractivity contribution in [1.82, 2.24) is 10.2 Å². The monoisotopic (exact) mass is 236 g/mol. The van der Waals surface area contributed by atoms with Gasteiger partial charge in [0, 0.05) is 0 Å². The molecular formula is C13H20N2O2. The van der Waals surface area contributed by atoms with E-state index in [0.29, 0.717) is 6.42 Å². The van der Waals surface area contributed by atoms with Crippen molar-refractivity contribution in [3.63, 3.8) is 0 Å². The van der Waals surface area contributed by atoms with Crippen molar-refractivity contribution in [2.75, 3.05) is 0 Å². The van der Waals surface area contributed by atoms with Gasteiger partial charge < -0.3 is 10.2 Å². The summed E-state index contributed by atoms with van der Waals surface area (Å²) in [6.07, 6.45) is 5.97. The molecule has 0 aliphatic carbocycles. The van der Waals surface area contributed by atoms with Gasteiger partial charge in [-0.15, -0.1) is 6.42 Å². The standard InChI is InChI=1S/C13H20N2O2/c1-6-9(5)15-11(8(3)4)12(16)14-10(7-2)13(15)17/h1,8-11H,7H2,2-5H3,(H,14,16). The lowest BCUT2D eigenvalue weighted by Gasteiger charge is -2.42. The first-order valence-corrected chi connectivity index (χ1v) is 6.02. The molecule has 1 N–H and O–H groups in total. The van der Waals surface area contributed by atoms with Gasteiger partial charge in [-0.05, 0) is 19.3 Å². The fourth-order valence-electron chi connectivity index (χ4n) is 2.17. The third-order valence-corrected chi connectivity index (χ3v) is 3.14. The van der Waals surface area contributed by atoms with Gasteiger partial charge in [0.15, 0.2) is 0 Å². The Bertz CT molecular complexity index is 357. The summed E-state index contributed by atoms with van der Waals surface area (Å²) in [6, 6.07) is -1.25. The van der Waals surface area contributed by atoms with Crippen molar-refractivity contribution in [2.45, 2.75) is 52.2 Å². The first kappa shape index (κ1) is 13.6. The van der Waals surface area contributed by atoms with Crippen molar-refractivity contribution in [3.8, 4) is 12.3 Å². The molecule has 0 aromatic rings. The zero-order valence-corrected chi connectivity index (χ0v) is 10.9. The van der Waals surface area contributed by atoms with Gasteiger partial charge in [0.1, 0.15) is 12.1 Å². The maximum Gasteiger partial charge on any atom is 0.246 e. The SMILES string of the molecule is C#CC(C)N1C(=O)C(CC)NC(=O)C1C(C)C. The van der Waals surface area contributed by atoms with Gasteiger partial charge in [0.25, 0.3) is 0 Å². The van der Waals surface area contributed by atoms with Crippen molar-refractivity contribution in [2.24, 2.45) is 5.92 Å². The van der Waals surface area contributed by atoms with E-state index in [9.17, 15) is 9.59 Å². The van der Waals surface area contributed by atoms with Crippen LogP contribution in [-0.4, -0.2) is 34.8 Å². The van der Waals surface area contributed by atoms with Crippen LogP contribution >= 0.6 is 0 Å². The van der Waals surface area contributed by atoms with E-state index in [0.717, 1.165) is 0 Å². The average Bonchev–Trinajstić information content (AvgIpc) is 2.29. The number of carbonyl (C=O) groups is 2. The highest BCUT2D eigenvalue weighted by molar-refractivity contribution is 5.97. The van der Waals surface area contributed by atoms with E-state index in [4.69, 9.17) is 6.42 Å². The summed E-state index contributed by atoms with van der Waals surface area (Å²) in [5.41, 5.74) is 0. The molecular weight excluding hydrogens is 216 g/mol. The van der Waals surface area contributed by atoms with Gasteiger partial charge in [-0.1, -0.05) is 26.7 Å². The fraction of sp³-hybridized carbons (Fsp3) is 0.692. The van der Waals surface area contributed by atoms with Gasteiger partial charge in [-0.2, -0.15) is 0 Å². The summed E-state index contributed by atoms with van der Waals surface area (Å²) < 4.78 is 0. The molecule has 4 heteroatoms. The van der Waals surface area contributed by atoms with E-state index >= 15 is 0 Å². The molecule has 4 nitrogen and oxygen atoms in total. The molecule has 1 rings (SSSR count). The summed E-state index contributed by atoms with van der Waals surface area (Å²) in [7, 11) is 0. The van der Waals surface area contributed by atoms with E-state index in [1.807, 2.05) is 20.8 Å². The first-order valence-electron chi connectivity index (χ1n) is 6.02. The lowest BCUT2D eigenvalue weighted by Crippen LogP contribution is -2.66. The van der Waals surface area contributed by atoms with Crippen molar-refractivity contribution in [3.05, 3.63) is 0 Å². The normalized spacial score (nSPS) is 26.7. The highest BCUT2D eigenvalue weighted by Gasteiger charge is 2.42. The second-order valence-electron chi connectivity index (χ2n) is 4.75. The number of nitrogens with one attached hydrogen (secondary N) is 1. The molecule has 1 heterocycles. The van der Waals surface area contributed by atoms with Crippen LogP contribution in [0.3, 0.4) is 0 Å². The van der Waals surface area contributed by atoms with Gasteiger partial charge in [0.05, 0.1) is 6.04 Å². The molecule has 1 saturated heterocycles. The minimum Gasteiger partial charge on any atom is -0.343 e. The Kier molecular flexibility index (Phi) is 4.17. The minimum atomic E-state index is -0.462. The van der Waals surface area contributed by atoms with E-state index in [2.05, 4.69) is 11.2 Å². The van der Waals surface area contributed by atoms with Gasteiger partial charge in [-0.25, -0.2) is 0 Å². The first-order chi connectivity index (χ1) is 7.93. The van der Waals surface area contributed by atoms with Crippen LogP contribution in [0.25, 0.3) is 0 Å². The quantitative estimate of drug-likeness (QED) is 0.736. The zero-order valence-electron chi connectivity index (χ0n) is 10.9. The molecule has 94 valence electrons. The van der Waals surface area contributed by atoms with E-state index in [1.165, 1.54) is 0 Å². The smallest absolute Gasteiger partial charge is 0.246 e. The van der Waals surface area contributed by atoms with Crippen LogP contribution in [0.15, 0.2) is 0 Å². The molecule has 0 bridgehead atoms. The molecule has 2 amide bonds. The third kappa shape index (κ3) is 2.44. The summed E-state index contributed by atoms with van der Waals surface area (Å²) in [5.74, 6) is 2.41. The Labute approximate surface area is 103 Å².